The number of hydrogen-bond acceptors (Lipinski definition) is 3. The number of carbonyl (C=O) groups excluding carboxylic acids is 2. The van der Waals surface area contributed by atoms with Gasteiger partial charge in [-0.1, -0.05) is 60.7 Å². The molecule has 0 bridgehead atoms. The van der Waals surface area contributed by atoms with E-state index in [4.69, 9.17) is 4.42 Å². The zero-order valence-electron chi connectivity index (χ0n) is 12.8. The summed E-state index contributed by atoms with van der Waals surface area (Å²) in [6, 6.07) is 21.2. The third-order valence-corrected chi connectivity index (χ3v) is 4.24. The molecule has 4 rings (SSSR count). The molecule has 1 aliphatic rings. The topological polar surface area (TPSA) is 50.3 Å². The van der Waals surface area contributed by atoms with Gasteiger partial charge >= 0.3 is 0 Å². The van der Waals surface area contributed by atoms with Crippen molar-refractivity contribution in [3.05, 3.63) is 95.9 Å². The van der Waals surface area contributed by atoms with Crippen LogP contribution >= 0.6 is 0 Å². The van der Waals surface area contributed by atoms with E-state index in [0.717, 1.165) is 5.56 Å². The number of Topliss-reactive ketones (excluding diaryl/α,β-unsaturated/α-hetero) is 1. The van der Waals surface area contributed by atoms with Gasteiger partial charge in [0.05, 0.1) is 12.3 Å². The molecule has 1 fully saturated rings. The zero-order valence-corrected chi connectivity index (χ0v) is 12.8. The van der Waals surface area contributed by atoms with Gasteiger partial charge < -0.3 is 9.32 Å². The van der Waals surface area contributed by atoms with E-state index in [2.05, 4.69) is 0 Å². The molecule has 2 heterocycles. The Hall–Kier alpha value is -3.14. The zero-order chi connectivity index (χ0) is 16.5. The Labute approximate surface area is 139 Å². The number of ketones is 1. The van der Waals surface area contributed by atoms with Crippen molar-refractivity contribution in [2.75, 3.05) is 0 Å². The maximum Gasteiger partial charge on any atom is 0.290 e. The minimum Gasteiger partial charge on any atom is -0.459 e. The number of hydrogen-bond donors (Lipinski definition) is 0. The minimum atomic E-state index is -0.493. The fraction of sp³-hybridized carbons (Fsp3) is 0.100. The van der Waals surface area contributed by atoms with Gasteiger partial charge in [-0.15, -0.1) is 0 Å². The van der Waals surface area contributed by atoms with Gasteiger partial charge in [-0.05, 0) is 17.7 Å². The Morgan fingerprint density at radius 3 is 2.12 bits per heavy atom. The van der Waals surface area contributed by atoms with Crippen LogP contribution in [0, 0.1) is 0 Å². The van der Waals surface area contributed by atoms with Gasteiger partial charge in [0.15, 0.2) is 11.5 Å². The maximum atomic E-state index is 12.9. The van der Waals surface area contributed by atoms with Crippen LogP contribution < -0.4 is 0 Å². The van der Waals surface area contributed by atoms with E-state index in [0.29, 0.717) is 5.56 Å². The summed E-state index contributed by atoms with van der Waals surface area (Å²) < 4.78 is 5.21. The number of furan rings is 1. The van der Waals surface area contributed by atoms with E-state index in [-0.39, 0.29) is 23.5 Å². The van der Waals surface area contributed by atoms with E-state index in [1.165, 1.54) is 6.26 Å². The summed E-state index contributed by atoms with van der Waals surface area (Å²) >= 11 is 0. The quantitative estimate of drug-likeness (QED) is 0.544. The highest BCUT2D eigenvalue weighted by molar-refractivity contribution is 6.08. The molecule has 118 valence electrons. The molecule has 0 radical (unpaired) electrons. The summed E-state index contributed by atoms with van der Waals surface area (Å²) in [5.41, 5.74) is 1.56. The van der Waals surface area contributed by atoms with E-state index in [1.54, 1.807) is 29.2 Å². The first-order valence-corrected chi connectivity index (χ1v) is 7.78. The van der Waals surface area contributed by atoms with Crippen LogP contribution in [0.1, 0.15) is 32.5 Å². The van der Waals surface area contributed by atoms with Crippen molar-refractivity contribution in [3.8, 4) is 0 Å². The third kappa shape index (κ3) is 2.42. The van der Waals surface area contributed by atoms with Crippen LogP contribution in [0.15, 0.2) is 83.5 Å². The van der Waals surface area contributed by atoms with Crippen LogP contribution in [-0.2, 0) is 0 Å². The van der Waals surface area contributed by atoms with Crippen LogP contribution in [0.5, 0.6) is 0 Å². The number of carbonyl (C=O) groups is 2. The molecule has 0 aliphatic carbocycles. The smallest absolute Gasteiger partial charge is 0.290 e. The van der Waals surface area contributed by atoms with E-state index in [1.807, 2.05) is 48.5 Å². The first-order chi connectivity index (χ1) is 11.8. The highest BCUT2D eigenvalue weighted by Gasteiger charge is 2.56. The summed E-state index contributed by atoms with van der Waals surface area (Å²) in [5, 5.41) is 0. The van der Waals surface area contributed by atoms with Gasteiger partial charge in [-0.25, -0.2) is 0 Å². The summed E-state index contributed by atoms with van der Waals surface area (Å²) in [6.07, 6.45) is 1.46. The molecule has 4 heteroatoms. The van der Waals surface area contributed by atoms with Gasteiger partial charge in [-0.3, -0.25) is 9.59 Å². The molecule has 1 saturated heterocycles. The molecular weight excluding hydrogens is 302 g/mol. The first kappa shape index (κ1) is 14.5. The molecule has 1 aliphatic heterocycles. The van der Waals surface area contributed by atoms with Gasteiger partial charge in [0.25, 0.3) is 5.91 Å². The Morgan fingerprint density at radius 1 is 0.833 bits per heavy atom. The van der Waals surface area contributed by atoms with Crippen LogP contribution in [0.25, 0.3) is 0 Å². The standard InChI is InChI=1S/C20H15NO3/c22-19(15-10-5-2-6-11-15)18-17(14-8-3-1-4-9-14)21(18)20(23)16-12-7-13-24-16/h1-13,17-18H/t17-,18+,21?/m1/s1. The van der Waals surface area contributed by atoms with Crippen molar-refractivity contribution in [2.24, 2.45) is 0 Å². The Morgan fingerprint density at radius 2 is 1.50 bits per heavy atom. The molecule has 0 unspecified atom stereocenters. The van der Waals surface area contributed by atoms with Gasteiger partial charge in [0.2, 0.25) is 0 Å². The highest BCUT2D eigenvalue weighted by Crippen LogP contribution is 2.45. The van der Waals surface area contributed by atoms with Crippen LogP contribution in [0.2, 0.25) is 0 Å². The third-order valence-electron chi connectivity index (χ3n) is 4.24. The molecule has 4 nitrogen and oxygen atoms in total. The Balaban J connectivity index is 1.68. The second-order valence-corrected chi connectivity index (χ2v) is 5.72. The number of amides is 1. The van der Waals surface area contributed by atoms with E-state index >= 15 is 0 Å². The average Bonchev–Trinajstić information content (AvgIpc) is 3.14. The van der Waals surface area contributed by atoms with Crippen LogP contribution in [0.3, 0.4) is 0 Å². The minimum absolute atomic E-state index is 0.0515. The lowest BCUT2D eigenvalue weighted by molar-refractivity contribution is 0.0808. The molecule has 24 heavy (non-hydrogen) atoms. The molecule has 3 aromatic rings. The Bertz CT molecular complexity index is 856. The second kappa shape index (κ2) is 5.81. The van der Waals surface area contributed by atoms with E-state index < -0.39 is 6.04 Å². The fourth-order valence-corrected chi connectivity index (χ4v) is 3.05. The maximum absolute atomic E-state index is 12.9. The molecule has 0 saturated carbocycles. The molecule has 1 aromatic heterocycles. The van der Waals surface area contributed by atoms with Crippen molar-refractivity contribution in [1.82, 2.24) is 4.90 Å². The number of rotatable bonds is 4. The van der Waals surface area contributed by atoms with E-state index in [9.17, 15) is 9.59 Å². The predicted molar refractivity (Wildman–Crippen MR) is 88.6 cm³/mol. The largest absolute Gasteiger partial charge is 0.459 e. The van der Waals surface area contributed by atoms with Crippen molar-refractivity contribution in [1.29, 1.82) is 0 Å². The van der Waals surface area contributed by atoms with Crippen molar-refractivity contribution in [3.63, 3.8) is 0 Å². The molecule has 2 aromatic carbocycles. The lowest BCUT2D eigenvalue weighted by atomic mass is 10.0. The molecule has 0 N–H and O–H groups in total. The molecule has 0 spiro atoms. The summed E-state index contributed by atoms with van der Waals surface area (Å²) in [7, 11) is 0. The van der Waals surface area contributed by atoms with Crippen molar-refractivity contribution >= 4 is 11.7 Å². The Kier molecular flexibility index (Phi) is 3.50. The summed E-state index contributed by atoms with van der Waals surface area (Å²) in [4.78, 5) is 27.1. The number of nitrogens with zero attached hydrogens (tertiary/aromatic N) is 1. The summed E-state index contributed by atoms with van der Waals surface area (Å²) in [5.74, 6) is -0.0632. The SMILES string of the molecule is O=C(c1ccccc1)[C@@H]1[C@@H](c2ccccc2)N1C(=O)c1ccco1. The van der Waals surface area contributed by atoms with Gasteiger partial charge in [0.1, 0.15) is 6.04 Å². The average molecular weight is 317 g/mol. The molecule has 2 atom stereocenters. The van der Waals surface area contributed by atoms with Gasteiger partial charge in [0, 0.05) is 5.56 Å². The molecular formula is C20H15NO3. The van der Waals surface area contributed by atoms with Crippen molar-refractivity contribution < 1.29 is 14.0 Å². The van der Waals surface area contributed by atoms with Crippen LogP contribution in [0.4, 0.5) is 0 Å². The lowest BCUT2D eigenvalue weighted by Crippen LogP contribution is -2.18. The predicted octanol–water partition coefficient (Wildman–Crippen LogP) is 3.73. The number of benzene rings is 2. The second-order valence-electron chi connectivity index (χ2n) is 5.72. The normalized spacial score (nSPS) is 19.1. The molecule has 1 amide bonds. The highest BCUT2D eigenvalue weighted by atomic mass is 16.3. The van der Waals surface area contributed by atoms with Crippen LogP contribution in [-0.4, -0.2) is 22.6 Å². The first-order valence-electron chi connectivity index (χ1n) is 7.78. The van der Waals surface area contributed by atoms with Crippen molar-refractivity contribution in [2.45, 2.75) is 12.1 Å². The monoisotopic (exact) mass is 317 g/mol. The summed E-state index contributed by atoms with van der Waals surface area (Å²) in [6.45, 7) is 0. The van der Waals surface area contributed by atoms with Gasteiger partial charge in [-0.2, -0.15) is 0 Å². The lowest BCUT2D eigenvalue weighted by Gasteiger charge is -2.02. The fourth-order valence-electron chi connectivity index (χ4n) is 3.05.